The summed E-state index contributed by atoms with van der Waals surface area (Å²) < 4.78 is 0. The van der Waals surface area contributed by atoms with Gasteiger partial charge in [-0.2, -0.15) is 0 Å². The van der Waals surface area contributed by atoms with Gasteiger partial charge in [0.2, 0.25) is 0 Å². The molecule has 2 aliphatic rings. The molecule has 1 atom stereocenters. The molecule has 0 aromatic heterocycles. The van der Waals surface area contributed by atoms with Crippen LogP contribution in [-0.2, 0) is 6.42 Å². The van der Waals surface area contributed by atoms with Crippen LogP contribution in [0.25, 0.3) is 0 Å². The first-order valence-electron chi connectivity index (χ1n) is 11.5. The lowest BCUT2D eigenvalue weighted by atomic mass is 9.94. The Hall–Kier alpha value is -1.35. The maximum absolute atomic E-state index is 2.81. The fourth-order valence-corrected chi connectivity index (χ4v) is 5.18. The Labute approximate surface area is 183 Å². The molecule has 158 valence electrons. The summed E-state index contributed by atoms with van der Waals surface area (Å²) in [5, 5.41) is 0. The summed E-state index contributed by atoms with van der Waals surface area (Å²) in [7, 11) is 0. The Balaban J connectivity index is 0.00000240. The van der Waals surface area contributed by atoms with Gasteiger partial charge in [0.05, 0.1) is 0 Å². The number of hydrogen-bond donors (Lipinski definition) is 0. The van der Waals surface area contributed by atoms with Gasteiger partial charge in [-0.25, -0.2) is 0 Å². The number of rotatable bonds is 5. The van der Waals surface area contributed by atoms with E-state index in [0.717, 1.165) is 12.5 Å². The molecular weight excluding hydrogens is 376 g/mol. The number of piperazine rings is 1. The lowest BCUT2D eigenvalue weighted by Gasteiger charge is -2.43. The third-order valence-corrected chi connectivity index (χ3v) is 6.84. The summed E-state index contributed by atoms with van der Waals surface area (Å²) in [5.74, 6) is 0. The van der Waals surface area contributed by atoms with Gasteiger partial charge in [0.15, 0.2) is 0 Å². The van der Waals surface area contributed by atoms with Crippen molar-refractivity contribution < 1.29 is 0 Å². The molecule has 1 unspecified atom stereocenters. The van der Waals surface area contributed by atoms with Gasteiger partial charge in [-0.3, -0.25) is 9.80 Å². The zero-order chi connectivity index (χ0) is 19.0. The fraction of sp³-hybridized carbons (Fsp3) is 0.538. The molecule has 2 aromatic carbocycles. The van der Waals surface area contributed by atoms with Crippen molar-refractivity contribution in [2.75, 3.05) is 26.2 Å². The van der Waals surface area contributed by atoms with Crippen LogP contribution in [0, 0.1) is 0 Å². The second-order valence-electron chi connectivity index (χ2n) is 8.69. The van der Waals surface area contributed by atoms with E-state index in [2.05, 4.69) is 70.5 Å². The number of nitrogens with zero attached hydrogens (tertiary/aromatic N) is 2. The van der Waals surface area contributed by atoms with Crippen LogP contribution >= 0.6 is 12.4 Å². The summed E-state index contributed by atoms with van der Waals surface area (Å²) in [6, 6.07) is 23.5. The molecule has 0 spiro atoms. The molecule has 1 aliphatic carbocycles. The molecule has 2 aromatic rings. The van der Waals surface area contributed by atoms with Gasteiger partial charge in [-0.15, -0.1) is 12.4 Å². The monoisotopic (exact) mass is 412 g/mol. The van der Waals surface area contributed by atoms with Crippen molar-refractivity contribution >= 4 is 12.4 Å². The van der Waals surface area contributed by atoms with Gasteiger partial charge in [-0.1, -0.05) is 92.8 Å². The normalized spacial score (nSPS) is 21.0. The number of hydrogen-bond acceptors (Lipinski definition) is 2. The van der Waals surface area contributed by atoms with E-state index in [0.29, 0.717) is 6.04 Å². The minimum Gasteiger partial charge on any atom is -0.298 e. The Kier molecular flexibility index (Phi) is 9.04. The van der Waals surface area contributed by atoms with Crippen LogP contribution in [0.1, 0.15) is 62.1 Å². The van der Waals surface area contributed by atoms with Gasteiger partial charge < -0.3 is 0 Å². The first-order chi connectivity index (χ1) is 13.9. The van der Waals surface area contributed by atoms with Crippen LogP contribution in [0.4, 0.5) is 0 Å². The van der Waals surface area contributed by atoms with E-state index < -0.39 is 0 Å². The van der Waals surface area contributed by atoms with Crippen LogP contribution in [0.3, 0.4) is 0 Å². The van der Waals surface area contributed by atoms with E-state index in [-0.39, 0.29) is 12.4 Å². The standard InChI is InChI=1S/C26H36N2.ClH/c1-2-10-16-25(17-11-3-1)27-18-20-28(21-19-27)26(24-14-8-5-9-15-24)22-23-12-6-4-7-13-23;/h4-9,12-15,25-26H,1-3,10-11,16-22H2;1H. The van der Waals surface area contributed by atoms with Crippen molar-refractivity contribution in [2.45, 2.75) is 63.5 Å². The first kappa shape index (κ1) is 22.3. The molecule has 29 heavy (non-hydrogen) atoms. The fourth-order valence-electron chi connectivity index (χ4n) is 5.18. The third-order valence-electron chi connectivity index (χ3n) is 6.84. The molecule has 1 aliphatic heterocycles. The van der Waals surface area contributed by atoms with Gasteiger partial charge in [-0.05, 0) is 30.4 Å². The summed E-state index contributed by atoms with van der Waals surface area (Å²) in [4.78, 5) is 5.55. The minimum absolute atomic E-state index is 0. The predicted molar refractivity (Wildman–Crippen MR) is 126 cm³/mol. The number of benzene rings is 2. The molecule has 1 saturated carbocycles. The molecule has 0 radical (unpaired) electrons. The predicted octanol–water partition coefficient (Wildman–Crippen LogP) is 6.12. The zero-order valence-corrected chi connectivity index (χ0v) is 18.5. The average molecular weight is 413 g/mol. The summed E-state index contributed by atoms with van der Waals surface area (Å²) in [6.07, 6.45) is 11.2. The smallest absolute Gasteiger partial charge is 0.0389 e. The molecule has 3 heteroatoms. The average Bonchev–Trinajstić information content (AvgIpc) is 2.74. The van der Waals surface area contributed by atoms with Crippen molar-refractivity contribution in [1.82, 2.24) is 9.80 Å². The molecule has 2 fully saturated rings. The summed E-state index contributed by atoms with van der Waals surface area (Å²) in [5.41, 5.74) is 2.91. The van der Waals surface area contributed by atoms with Crippen molar-refractivity contribution in [2.24, 2.45) is 0 Å². The first-order valence-corrected chi connectivity index (χ1v) is 11.5. The Morgan fingerprint density at radius 2 is 1.24 bits per heavy atom. The van der Waals surface area contributed by atoms with Gasteiger partial charge in [0, 0.05) is 38.3 Å². The van der Waals surface area contributed by atoms with Crippen LogP contribution in [-0.4, -0.2) is 42.0 Å². The van der Waals surface area contributed by atoms with Gasteiger partial charge in [0.25, 0.3) is 0 Å². The molecule has 0 amide bonds. The molecule has 4 rings (SSSR count). The lowest BCUT2D eigenvalue weighted by Crippen LogP contribution is -2.51. The highest BCUT2D eigenvalue weighted by Crippen LogP contribution is 2.28. The number of halogens is 1. The van der Waals surface area contributed by atoms with E-state index in [1.54, 1.807) is 0 Å². The largest absolute Gasteiger partial charge is 0.298 e. The van der Waals surface area contributed by atoms with Crippen LogP contribution in [0.2, 0.25) is 0 Å². The van der Waals surface area contributed by atoms with Gasteiger partial charge in [0.1, 0.15) is 0 Å². The quantitative estimate of drug-likeness (QED) is 0.583. The Bertz CT molecular complexity index is 674. The van der Waals surface area contributed by atoms with Crippen molar-refractivity contribution in [3.05, 3.63) is 71.8 Å². The SMILES string of the molecule is Cl.c1ccc(CC(c2ccccc2)N2CCN(C3CCCCCCC3)CC2)cc1. The van der Waals surface area contributed by atoms with E-state index in [9.17, 15) is 0 Å². The summed E-state index contributed by atoms with van der Waals surface area (Å²) in [6.45, 7) is 4.87. The lowest BCUT2D eigenvalue weighted by molar-refractivity contribution is 0.0595. The van der Waals surface area contributed by atoms with Crippen LogP contribution in [0.15, 0.2) is 60.7 Å². The highest BCUT2D eigenvalue weighted by atomic mass is 35.5. The van der Waals surface area contributed by atoms with Crippen molar-refractivity contribution in [1.29, 1.82) is 0 Å². The second-order valence-corrected chi connectivity index (χ2v) is 8.69. The van der Waals surface area contributed by atoms with E-state index in [1.807, 2.05) is 0 Å². The second kappa shape index (κ2) is 11.7. The highest BCUT2D eigenvalue weighted by molar-refractivity contribution is 5.85. The van der Waals surface area contributed by atoms with Crippen LogP contribution < -0.4 is 0 Å². The molecule has 2 nitrogen and oxygen atoms in total. The molecular formula is C26H37ClN2. The van der Waals surface area contributed by atoms with Gasteiger partial charge >= 0.3 is 0 Å². The van der Waals surface area contributed by atoms with E-state index >= 15 is 0 Å². The minimum atomic E-state index is 0. The molecule has 1 heterocycles. The third kappa shape index (κ3) is 6.31. The van der Waals surface area contributed by atoms with Crippen molar-refractivity contribution in [3.8, 4) is 0 Å². The van der Waals surface area contributed by atoms with Crippen LogP contribution in [0.5, 0.6) is 0 Å². The van der Waals surface area contributed by atoms with Crippen molar-refractivity contribution in [3.63, 3.8) is 0 Å². The van der Waals surface area contributed by atoms with E-state index in [1.165, 1.54) is 82.3 Å². The Morgan fingerprint density at radius 1 is 0.690 bits per heavy atom. The van der Waals surface area contributed by atoms with E-state index in [4.69, 9.17) is 0 Å². The maximum atomic E-state index is 2.81. The summed E-state index contributed by atoms with van der Waals surface area (Å²) >= 11 is 0. The highest BCUT2D eigenvalue weighted by Gasteiger charge is 2.28. The molecule has 0 bridgehead atoms. The molecule has 1 saturated heterocycles. The zero-order valence-electron chi connectivity index (χ0n) is 17.7. The Morgan fingerprint density at radius 3 is 1.86 bits per heavy atom. The maximum Gasteiger partial charge on any atom is 0.0389 e. The molecule has 0 N–H and O–H groups in total. The topological polar surface area (TPSA) is 6.48 Å².